The molecule has 0 amide bonds. The van der Waals surface area contributed by atoms with Gasteiger partial charge in [0.05, 0.1) is 0 Å². The molecule has 0 saturated carbocycles. The van der Waals surface area contributed by atoms with Gasteiger partial charge in [0.2, 0.25) is 0 Å². The third-order valence-electron chi connectivity index (χ3n) is 2.93. The van der Waals surface area contributed by atoms with Crippen LogP contribution < -0.4 is 10.6 Å². The topological polar surface area (TPSA) is 62.7 Å². The SMILES string of the molecule is CCc1nc(NC)c(C)c(NCc2cccnc2)n1. The minimum absolute atomic E-state index is 0.706. The Morgan fingerprint density at radius 1 is 1.21 bits per heavy atom. The second-order valence-electron chi connectivity index (χ2n) is 4.28. The molecule has 0 aliphatic carbocycles. The zero-order valence-corrected chi connectivity index (χ0v) is 11.6. The number of anilines is 2. The van der Waals surface area contributed by atoms with Crippen molar-refractivity contribution < 1.29 is 0 Å². The van der Waals surface area contributed by atoms with Gasteiger partial charge in [-0.05, 0) is 18.6 Å². The smallest absolute Gasteiger partial charge is 0.135 e. The van der Waals surface area contributed by atoms with E-state index in [0.29, 0.717) is 6.54 Å². The number of aryl methyl sites for hydroxylation is 1. The van der Waals surface area contributed by atoms with Gasteiger partial charge in [-0.25, -0.2) is 9.97 Å². The van der Waals surface area contributed by atoms with Crippen LogP contribution in [-0.2, 0) is 13.0 Å². The third-order valence-corrected chi connectivity index (χ3v) is 2.93. The van der Waals surface area contributed by atoms with Crippen molar-refractivity contribution in [2.45, 2.75) is 26.8 Å². The van der Waals surface area contributed by atoms with E-state index in [4.69, 9.17) is 0 Å². The summed E-state index contributed by atoms with van der Waals surface area (Å²) < 4.78 is 0. The Morgan fingerprint density at radius 2 is 2.00 bits per heavy atom. The zero-order valence-electron chi connectivity index (χ0n) is 11.6. The van der Waals surface area contributed by atoms with Gasteiger partial charge in [-0.3, -0.25) is 4.98 Å². The van der Waals surface area contributed by atoms with Gasteiger partial charge in [-0.15, -0.1) is 0 Å². The normalized spacial score (nSPS) is 10.3. The Balaban J connectivity index is 2.19. The lowest BCUT2D eigenvalue weighted by Gasteiger charge is -2.13. The molecule has 2 heterocycles. The first kappa shape index (κ1) is 13.3. The highest BCUT2D eigenvalue weighted by Crippen LogP contribution is 2.20. The lowest BCUT2D eigenvalue weighted by atomic mass is 10.2. The fraction of sp³-hybridized carbons (Fsp3) is 0.357. The van der Waals surface area contributed by atoms with E-state index >= 15 is 0 Å². The lowest BCUT2D eigenvalue weighted by molar-refractivity contribution is 0.923. The van der Waals surface area contributed by atoms with E-state index in [2.05, 4.69) is 32.5 Å². The Hall–Kier alpha value is -2.17. The highest BCUT2D eigenvalue weighted by molar-refractivity contribution is 5.57. The van der Waals surface area contributed by atoms with E-state index in [-0.39, 0.29) is 0 Å². The van der Waals surface area contributed by atoms with Gasteiger partial charge in [0, 0.05) is 38.0 Å². The van der Waals surface area contributed by atoms with Crippen LogP contribution >= 0.6 is 0 Å². The van der Waals surface area contributed by atoms with Crippen molar-refractivity contribution in [1.82, 2.24) is 15.0 Å². The Kier molecular flexibility index (Phi) is 4.28. The molecule has 0 radical (unpaired) electrons. The van der Waals surface area contributed by atoms with Gasteiger partial charge in [-0.2, -0.15) is 0 Å². The van der Waals surface area contributed by atoms with Gasteiger partial charge >= 0.3 is 0 Å². The lowest BCUT2D eigenvalue weighted by Crippen LogP contribution is -2.09. The van der Waals surface area contributed by atoms with Crippen LogP contribution in [0.5, 0.6) is 0 Å². The van der Waals surface area contributed by atoms with Crippen molar-refractivity contribution in [1.29, 1.82) is 0 Å². The van der Waals surface area contributed by atoms with Gasteiger partial charge in [-0.1, -0.05) is 13.0 Å². The summed E-state index contributed by atoms with van der Waals surface area (Å²) in [5.74, 6) is 2.59. The molecule has 0 bridgehead atoms. The van der Waals surface area contributed by atoms with Crippen LogP contribution in [0.3, 0.4) is 0 Å². The summed E-state index contributed by atoms with van der Waals surface area (Å²) in [5.41, 5.74) is 2.16. The summed E-state index contributed by atoms with van der Waals surface area (Å²) in [6.45, 7) is 4.77. The summed E-state index contributed by atoms with van der Waals surface area (Å²) in [7, 11) is 1.87. The summed E-state index contributed by atoms with van der Waals surface area (Å²) in [5, 5.41) is 6.45. The van der Waals surface area contributed by atoms with Crippen LogP contribution in [0.15, 0.2) is 24.5 Å². The Bertz CT molecular complexity index is 539. The first-order valence-electron chi connectivity index (χ1n) is 6.42. The minimum Gasteiger partial charge on any atom is -0.373 e. The number of nitrogens with one attached hydrogen (secondary N) is 2. The maximum absolute atomic E-state index is 4.53. The number of hydrogen-bond donors (Lipinski definition) is 2. The quantitative estimate of drug-likeness (QED) is 0.861. The molecule has 0 atom stereocenters. The van der Waals surface area contributed by atoms with E-state index in [1.54, 1.807) is 6.20 Å². The maximum atomic E-state index is 4.53. The molecule has 0 saturated heterocycles. The molecular formula is C14H19N5. The molecule has 2 rings (SSSR count). The molecule has 0 fully saturated rings. The fourth-order valence-corrected chi connectivity index (χ4v) is 1.83. The third kappa shape index (κ3) is 3.19. The molecule has 19 heavy (non-hydrogen) atoms. The standard InChI is InChI=1S/C14H19N5/c1-4-12-18-13(15-3)10(2)14(19-12)17-9-11-6-5-7-16-8-11/h5-8H,4,9H2,1-3H3,(H2,15,17,18,19). The van der Waals surface area contributed by atoms with Crippen molar-refractivity contribution in [2.24, 2.45) is 0 Å². The number of pyridine rings is 1. The molecule has 0 aliphatic heterocycles. The Labute approximate surface area is 113 Å². The second-order valence-corrected chi connectivity index (χ2v) is 4.28. The number of aromatic nitrogens is 3. The second kappa shape index (κ2) is 6.13. The monoisotopic (exact) mass is 257 g/mol. The molecule has 2 aromatic rings. The summed E-state index contributed by atoms with van der Waals surface area (Å²) in [6, 6.07) is 3.97. The molecule has 0 aromatic carbocycles. The molecule has 0 aliphatic rings. The average Bonchev–Trinajstić information content (AvgIpc) is 2.47. The molecule has 2 N–H and O–H groups in total. The van der Waals surface area contributed by atoms with Crippen molar-refractivity contribution in [3.8, 4) is 0 Å². The minimum atomic E-state index is 0.706. The molecular weight excluding hydrogens is 238 g/mol. The molecule has 100 valence electrons. The molecule has 0 unspecified atom stereocenters. The van der Waals surface area contributed by atoms with Gasteiger partial charge in [0.25, 0.3) is 0 Å². The van der Waals surface area contributed by atoms with E-state index < -0.39 is 0 Å². The van der Waals surface area contributed by atoms with Crippen LogP contribution in [-0.4, -0.2) is 22.0 Å². The first-order chi connectivity index (χ1) is 9.24. The van der Waals surface area contributed by atoms with Gasteiger partial charge in [0.15, 0.2) is 0 Å². The van der Waals surface area contributed by atoms with E-state index in [1.807, 2.05) is 32.3 Å². The summed E-state index contributed by atoms with van der Waals surface area (Å²) >= 11 is 0. The van der Waals surface area contributed by atoms with Crippen LogP contribution in [0.2, 0.25) is 0 Å². The molecule has 5 nitrogen and oxygen atoms in total. The van der Waals surface area contributed by atoms with Gasteiger partial charge < -0.3 is 10.6 Å². The molecule has 0 spiro atoms. The summed E-state index contributed by atoms with van der Waals surface area (Å²) in [4.78, 5) is 13.1. The van der Waals surface area contributed by atoms with Crippen molar-refractivity contribution >= 4 is 11.6 Å². The van der Waals surface area contributed by atoms with E-state index in [9.17, 15) is 0 Å². The molecule has 2 aromatic heterocycles. The fourth-order valence-electron chi connectivity index (χ4n) is 1.83. The van der Waals surface area contributed by atoms with E-state index in [0.717, 1.165) is 35.0 Å². The number of nitrogens with zero attached hydrogens (tertiary/aromatic N) is 3. The number of hydrogen-bond acceptors (Lipinski definition) is 5. The summed E-state index contributed by atoms with van der Waals surface area (Å²) in [6.07, 6.45) is 4.44. The number of rotatable bonds is 5. The van der Waals surface area contributed by atoms with Crippen LogP contribution in [0.25, 0.3) is 0 Å². The predicted molar refractivity (Wildman–Crippen MR) is 77.3 cm³/mol. The average molecular weight is 257 g/mol. The van der Waals surface area contributed by atoms with Crippen molar-refractivity contribution in [3.05, 3.63) is 41.5 Å². The first-order valence-corrected chi connectivity index (χ1v) is 6.42. The largest absolute Gasteiger partial charge is 0.373 e. The van der Waals surface area contributed by atoms with Crippen LogP contribution in [0, 0.1) is 6.92 Å². The highest BCUT2D eigenvalue weighted by Gasteiger charge is 2.08. The van der Waals surface area contributed by atoms with Crippen molar-refractivity contribution in [2.75, 3.05) is 17.7 Å². The van der Waals surface area contributed by atoms with Gasteiger partial charge in [0.1, 0.15) is 17.5 Å². The highest BCUT2D eigenvalue weighted by atomic mass is 15.1. The maximum Gasteiger partial charge on any atom is 0.135 e. The van der Waals surface area contributed by atoms with Crippen LogP contribution in [0.4, 0.5) is 11.6 Å². The van der Waals surface area contributed by atoms with E-state index in [1.165, 1.54) is 0 Å². The zero-order chi connectivity index (χ0) is 13.7. The Morgan fingerprint density at radius 3 is 2.63 bits per heavy atom. The van der Waals surface area contributed by atoms with Crippen molar-refractivity contribution in [3.63, 3.8) is 0 Å². The van der Waals surface area contributed by atoms with Crippen LogP contribution in [0.1, 0.15) is 23.9 Å². The predicted octanol–water partition coefficient (Wildman–Crippen LogP) is 2.40. The molecule has 5 heteroatoms.